The monoisotopic (exact) mass is 546 g/mol. The van der Waals surface area contributed by atoms with Gasteiger partial charge in [-0.1, -0.05) is 0 Å². The fraction of sp³-hybridized carbons (Fsp3) is 0.370. The van der Waals surface area contributed by atoms with Crippen molar-refractivity contribution >= 4 is 40.4 Å². The van der Waals surface area contributed by atoms with Crippen molar-refractivity contribution in [3.05, 3.63) is 53.3 Å². The van der Waals surface area contributed by atoms with Crippen molar-refractivity contribution in [2.75, 3.05) is 37.9 Å². The number of aryl methyl sites for hydroxylation is 2. The molecule has 4 aromatic rings. The Morgan fingerprint density at radius 1 is 0.975 bits per heavy atom. The number of pyridine rings is 1. The van der Waals surface area contributed by atoms with Crippen molar-refractivity contribution in [2.45, 2.75) is 18.9 Å². The number of methoxy groups -OCH3 is 2. The predicted molar refractivity (Wildman–Crippen MR) is 148 cm³/mol. The number of carbonyl (C=O) groups is 2. The average Bonchev–Trinajstić information content (AvgIpc) is 3.43. The molecule has 0 atom stereocenters. The summed E-state index contributed by atoms with van der Waals surface area (Å²) in [7, 11) is 6.27. The molecule has 1 spiro atoms. The molecular formula is C27H30N8O5. The van der Waals surface area contributed by atoms with Gasteiger partial charge in [0.2, 0.25) is 0 Å². The molecule has 2 N–H and O–H groups in total. The molecule has 208 valence electrons. The van der Waals surface area contributed by atoms with E-state index in [9.17, 15) is 14.4 Å². The molecule has 2 amide bonds. The molecule has 13 heteroatoms. The van der Waals surface area contributed by atoms with Crippen LogP contribution in [0, 0.1) is 5.41 Å². The maximum absolute atomic E-state index is 13.2. The first kappa shape index (κ1) is 25.5. The summed E-state index contributed by atoms with van der Waals surface area (Å²) in [5.74, 6) is 0.550. The van der Waals surface area contributed by atoms with E-state index in [0.717, 1.165) is 35.0 Å². The Kier molecular flexibility index (Phi) is 6.01. The first-order valence-electron chi connectivity index (χ1n) is 12.8. The number of likely N-dealkylation sites (tertiary alicyclic amines) is 1. The molecule has 40 heavy (non-hydrogen) atoms. The van der Waals surface area contributed by atoms with Gasteiger partial charge in [0.25, 0.3) is 0 Å². The second kappa shape index (κ2) is 9.43. The molecule has 1 aromatic carbocycles. The zero-order valence-corrected chi connectivity index (χ0v) is 22.7. The standard InChI is InChI=1S/C27H30N8O5/c1-32-13-17(11-29-32)16-5-18(7-19(6-16)31-24(36)39-3)30-23-8-21-22(12-28-23)33(2)25(37)35(21)20-9-27(10-20)14-34(15-27)26(38)40-4/h5-8,11-13,20H,9-10,14-15H2,1-4H3,(H,28,30)(H,31,36). The van der Waals surface area contributed by atoms with Crippen molar-refractivity contribution < 1.29 is 19.1 Å². The van der Waals surface area contributed by atoms with Crippen LogP contribution in [0.25, 0.3) is 22.2 Å². The van der Waals surface area contributed by atoms with E-state index in [0.29, 0.717) is 30.3 Å². The number of imidazole rings is 1. The largest absolute Gasteiger partial charge is 0.453 e. The molecule has 3 aromatic heterocycles. The molecule has 13 nitrogen and oxygen atoms in total. The Labute approximate surface area is 229 Å². The van der Waals surface area contributed by atoms with Gasteiger partial charge in [-0.3, -0.25) is 19.1 Å². The highest BCUT2D eigenvalue weighted by molar-refractivity contribution is 5.88. The fourth-order valence-corrected chi connectivity index (χ4v) is 5.91. The molecule has 2 fully saturated rings. The van der Waals surface area contributed by atoms with E-state index in [1.54, 1.807) is 39.7 Å². The quantitative estimate of drug-likeness (QED) is 0.388. The van der Waals surface area contributed by atoms with E-state index in [-0.39, 0.29) is 23.2 Å². The number of nitrogens with zero attached hydrogens (tertiary/aromatic N) is 6. The number of carbonyl (C=O) groups excluding carboxylic acids is 2. The smallest absolute Gasteiger partial charge is 0.411 e. The van der Waals surface area contributed by atoms with Crippen LogP contribution in [0.3, 0.4) is 0 Å². The van der Waals surface area contributed by atoms with Gasteiger partial charge in [0.05, 0.1) is 37.6 Å². The van der Waals surface area contributed by atoms with Crippen LogP contribution in [0.4, 0.5) is 26.8 Å². The van der Waals surface area contributed by atoms with Crippen LogP contribution in [0.1, 0.15) is 18.9 Å². The van der Waals surface area contributed by atoms with Crippen LogP contribution in [0.15, 0.2) is 47.7 Å². The number of nitrogens with one attached hydrogen (secondary N) is 2. The zero-order valence-electron chi connectivity index (χ0n) is 22.7. The van der Waals surface area contributed by atoms with Crippen LogP contribution in [-0.2, 0) is 23.6 Å². The van der Waals surface area contributed by atoms with Crippen LogP contribution in [0.5, 0.6) is 0 Å². The van der Waals surface area contributed by atoms with E-state index in [1.807, 2.05) is 36.0 Å². The Hall–Kier alpha value is -4.81. The molecule has 2 aliphatic rings. The lowest BCUT2D eigenvalue weighted by Gasteiger charge is -2.58. The van der Waals surface area contributed by atoms with Crippen molar-refractivity contribution in [3.63, 3.8) is 0 Å². The molecule has 1 saturated carbocycles. The molecule has 0 unspecified atom stereocenters. The predicted octanol–water partition coefficient (Wildman–Crippen LogP) is 3.46. The van der Waals surface area contributed by atoms with E-state index < -0.39 is 6.09 Å². The van der Waals surface area contributed by atoms with Crippen LogP contribution in [0.2, 0.25) is 0 Å². The maximum Gasteiger partial charge on any atom is 0.411 e. The van der Waals surface area contributed by atoms with Crippen LogP contribution >= 0.6 is 0 Å². The lowest BCUT2D eigenvalue weighted by Crippen LogP contribution is -2.64. The molecule has 0 bridgehead atoms. The first-order chi connectivity index (χ1) is 19.2. The van der Waals surface area contributed by atoms with Gasteiger partial charge >= 0.3 is 17.9 Å². The van der Waals surface area contributed by atoms with Gasteiger partial charge in [-0.15, -0.1) is 0 Å². The lowest BCUT2D eigenvalue weighted by molar-refractivity contribution is -0.0769. The van der Waals surface area contributed by atoms with Gasteiger partial charge in [-0.25, -0.2) is 19.4 Å². The lowest BCUT2D eigenvalue weighted by atomic mass is 9.60. The summed E-state index contributed by atoms with van der Waals surface area (Å²) < 4.78 is 14.7. The van der Waals surface area contributed by atoms with Crippen molar-refractivity contribution in [1.29, 1.82) is 0 Å². The molecule has 6 rings (SSSR count). The SMILES string of the molecule is COC(=O)Nc1cc(Nc2cc3c(cn2)n(C)c(=O)n3C2CC3(C2)CN(C(=O)OC)C3)cc(-c2cnn(C)c2)c1. The summed E-state index contributed by atoms with van der Waals surface area (Å²) in [6, 6.07) is 7.45. The van der Waals surface area contributed by atoms with Crippen molar-refractivity contribution in [1.82, 2.24) is 28.8 Å². The van der Waals surface area contributed by atoms with Crippen LogP contribution < -0.4 is 16.3 Å². The molecule has 4 heterocycles. The maximum atomic E-state index is 13.2. The topological polar surface area (TPSA) is 138 Å². The Balaban J connectivity index is 1.29. The minimum Gasteiger partial charge on any atom is -0.453 e. The number of benzene rings is 1. The Morgan fingerprint density at radius 2 is 1.73 bits per heavy atom. The number of anilines is 3. The zero-order chi connectivity index (χ0) is 28.2. The van der Waals surface area contributed by atoms with Crippen molar-refractivity contribution in [2.24, 2.45) is 19.5 Å². The number of rotatable bonds is 5. The summed E-state index contributed by atoms with van der Waals surface area (Å²) in [6.07, 6.45) is 6.06. The van der Waals surface area contributed by atoms with E-state index in [2.05, 4.69) is 20.7 Å². The third kappa shape index (κ3) is 4.32. The summed E-state index contributed by atoms with van der Waals surface area (Å²) in [4.78, 5) is 43.2. The molecule has 1 aliphatic carbocycles. The van der Waals surface area contributed by atoms with Crippen molar-refractivity contribution in [3.8, 4) is 11.1 Å². The Morgan fingerprint density at radius 3 is 2.40 bits per heavy atom. The molecule has 0 radical (unpaired) electrons. The third-order valence-electron chi connectivity index (χ3n) is 7.84. The van der Waals surface area contributed by atoms with Gasteiger partial charge < -0.3 is 19.7 Å². The summed E-state index contributed by atoms with van der Waals surface area (Å²) in [5.41, 5.74) is 4.40. The summed E-state index contributed by atoms with van der Waals surface area (Å²) >= 11 is 0. The van der Waals surface area contributed by atoms with Gasteiger partial charge in [-0.2, -0.15) is 5.10 Å². The van der Waals surface area contributed by atoms with Gasteiger partial charge in [-0.05, 0) is 36.6 Å². The van der Waals surface area contributed by atoms with Gasteiger partial charge in [0, 0.05) is 67.8 Å². The number of aromatic nitrogens is 5. The number of fused-ring (bicyclic) bond motifs is 1. The minimum absolute atomic E-state index is 0.0380. The molecule has 1 aliphatic heterocycles. The normalized spacial score (nSPS) is 15.9. The summed E-state index contributed by atoms with van der Waals surface area (Å²) in [5, 5.41) is 10.3. The first-order valence-corrected chi connectivity index (χ1v) is 12.8. The summed E-state index contributed by atoms with van der Waals surface area (Å²) in [6.45, 7) is 1.30. The highest BCUT2D eigenvalue weighted by atomic mass is 16.5. The van der Waals surface area contributed by atoms with Gasteiger partial charge in [0.15, 0.2) is 0 Å². The van der Waals surface area contributed by atoms with Gasteiger partial charge in [0.1, 0.15) is 5.82 Å². The third-order valence-corrected chi connectivity index (χ3v) is 7.84. The second-order valence-corrected chi connectivity index (χ2v) is 10.6. The molecule has 1 saturated heterocycles. The highest BCUT2D eigenvalue weighted by Crippen LogP contribution is 2.54. The number of ether oxygens (including phenoxy) is 2. The number of amides is 2. The Bertz CT molecular complexity index is 1690. The number of hydrogen-bond donors (Lipinski definition) is 2. The fourth-order valence-electron chi connectivity index (χ4n) is 5.91. The molecular weight excluding hydrogens is 516 g/mol. The second-order valence-electron chi connectivity index (χ2n) is 10.6. The van der Waals surface area contributed by atoms with E-state index >= 15 is 0 Å². The van der Waals surface area contributed by atoms with Crippen LogP contribution in [-0.4, -0.2) is 68.3 Å². The minimum atomic E-state index is -0.582. The van der Waals surface area contributed by atoms with E-state index in [1.165, 1.54) is 14.2 Å². The van der Waals surface area contributed by atoms with E-state index in [4.69, 9.17) is 9.47 Å². The average molecular weight is 547 g/mol. The number of hydrogen-bond acceptors (Lipinski definition) is 8. The highest BCUT2D eigenvalue weighted by Gasteiger charge is 2.55.